The molecule has 0 saturated carbocycles. The average molecular weight is 328 g/mol. The molecule has 7 heteroatoms. The normalized spacial score (nSPS) is 12.1. The van der Waals surface area contributed by atoms with Crippen LogP contribution >= 0.6 is 0 Å². The van der Waals surface area contributed by atoms with Gasteiger partial charge in [0.05, 0.1) is 0 Å². The van der Waals surface area contributed by atoms with Crippen LogP contribution in [0.1, 0.15) is 33.3 Å². The number of carboxylic acid groups (broad SMARTS) is 2. The molecule has 2 unspecified atom stereocenters. The summed E-state index contributed by atoms with van der Waals surface area (Å²) < 4.78 is 0. The molecule has 0 aliphatic rings. The Labute approximate surface area is 136 Å². The van der Waals surface area contributed by atoms with E-state index in [1.54, 1.807) is 26.0 Å². The number of phenolic OH excluding ortho intramolecular Hbond substituents is 1. The van der Waals surface area contributed by atoms with Gasteiger partial charge in [-0.3, -0.25) is 9.59 Å². The zero-order valence-corrected chi connectivity index (χ0v) is 14.1. The van der Waals surface area contributed by atoms with Crippen LogP contribution in [0.25, 0.3) is 0 Å². The molecule has 0 saturated heterocycles. The summed E-state index contributed by atoms with van der Waals surface area (Å²) in [6.07, 6.45) is 0.273. The summed E-state index contributed by atoms with van der Waals surface area (Å²) in [5, 5.41) is 25.7. The number of benzene rings is 1. The van der Waals surface area contributed by atoms with E-state index in [0.29, 0.717) is 0 Å². The smallest absolute Gasteiger partial charge is 0.320 e. The quantitative estimate of drug-likeness (QED) is 0.549. The lowest BCUT2D eigenvalue weighted by Crippen LogP contribution is -2.34. The van der Waals surface area contributed by atoms with Crippen molar-refractivity contribution in [3.05, 3.63) is 29.8 Å². The van der Waals surface area contributed by atoms with E-state index in [4.69, 9.17) is 26.8 Å². The minimum Gasteiger partial charge on any atom is -0.508 e. The van der Waals surface area contributed by atoms with Gasteiger partial charge in [-0.1, -0.05) is 39.8 Å². The first kappa shape index (κ1) is 23.2. The van der Waals surface area contributed by atoms with Crippen molar-refractivity contribution < 1.29 is 24.9 Å². The second-order valence-corrected chi connectivity index (χ2v) is 4.92. The largest absolute Gasteiger partial charge is 0.508 e. The second-order valence-electron chi connectivity index (χ2n) is 4.92. The number of nitrogens with two attached hydrogens (primary N) is 2. The standard InChI is InChI=1S/C9H11NO3.C5H11NO2.C2H6/c10-8(9(12)13)5-6-1-3-7(11)4-2-6;1-3(2)4(6)5(7)8;1-2/h1-4,8,11H,5,10H2,(H,12,13);3-4H,6H2,1-2H3,(H,7,8);1-2H3. The molecule has 132 valence electrons. The summed E-state index contributed by atoms with van der Waals surface area (Å²) in [7, 11) is 0. The van der Waals surface area contributed by atoms with Crippen LogP contribution in [0.5, 0.6) is 5.75 Å². The van der Waals surface area contributed by atoms with Gasteiger partial charge in [-0.15, -0.1) is 0 Å². The Morgan fingerprint density at radius 2 is 1.43 bits per heavy atom. The molecule has 0 heterocycles. The zero-order valence-electron chi connectivity index (χ0n) is 14.1. The predicted octanol–water partition coefficient (Wildman–Crippen LogP) is 1.43. The first-order valence-electron chi connectivity index (χ1n) is 7.39. The molecule has 0 spiro atoms. The number of aromatic hydroxyl groups is 1. The lowest BCUT2D eigenvalue weighted by molar-refractivity contribution is -0.140. The summed E-state index contributed by atoms with van der Waals surface area (Å²) >= 11 is 0. The van der Waals surface area contributed by atoms with E-state index in [0.717, 1.165) is 5.56 Å². The first-order valence-corrected chi connectivity index (χ1v) is 7.39. The van der Waals surface area contributed by atoms with Crippen LogP contribution in [0, 0.1) is 5.92 Å². The minimum atomic E-state index is -1.02. The molecule has 23 heavy (non-hydrogen) atoms. The van der Waals surface area contributed by atoms with Crippen molar-refractivity contribution in [2.24, 2.45) is 17.4 Å². The summed E-state index contributed by atoms with van der Waals surface area (Å²) in [4.78, 5) is 20.4. The van der Waals surface area contributed by atoms with Crippen molar-refractivity contribution in [3.63, 3.8) is 0 Å². The Morgan fingerprint density at radius 3 is 1.70 bits per heavy atom. The second kappa shape index (κ2) is 12.4. The van der Waals surface area contributed by atoms with E-state index in [-0.39, 0.29) is 18.1 Å². The SMILES string of the molecule is CC.CC(C)C(N)C(=O)O.NC(Cc1ccc(O)cc1)C(=O)O. The molecule has 0 radical (unpaired) electrons. The van der Waals surface area contributed by atoms with E-state index < -0.39 is 24.0 Å². The van der Waals surface area contributed by atoms with E-state index >= 15 is 0 Å². The van der Waals surface area contributed by atoms with Gasteiger partial charge in [-0.05, 0) is 30.0 Å². The molecule has 0 amide bonds. The number of phenols is 1. The summed E-state index contributed by atoms with van der Waals surface area (Å²) in [6.45, 7) is 7.55. The maximum atomic E-state index is 10.4. The molecule has 7 N–H and O–H groups in total. The molecule has 0 aliphatic carbocycles. The highest BCUT2D eigenvalue weighted by molar-refractivity contribution is 5.73. The number of aliphatic carboxylic acids is 2. The van der Waals surface area contributed by atoms with Crippen molar-refractivity contribution in [1.29, 1.82) is 0 Å². The summed E-state index contributed by atoms with van der Waals surface area (Å²) in [6, 6.07) is 4.71. The third-order valence-corrected chi connectivity index (χ3v) is 2.71. The van der Waals surface area contributed by atoms with Gasteiger partial charge in [0.1, 0.15) is 17.8 Å². The third-order valence-electron chi connectivity index (χ3n) is 2.71. The van der Waals surface area contributed by atoms with E-state index in [2.05, 4.69) is 0 Å². The predicted molar refractivity (Wildman–Crippen MR) is 89.2 cm³/mol. The van der Waals surface area contributed by atoms with Gasteiger partial charge in [-0.2, -0.15) is 0 Å². The van der Waals surface area contributed by atoms with E-state index in [1.807, 2.05) is 13.8 Å². The highest BCUT2D eigenvalue weighted by atomic mass is 16.4. The molecule has 7 nitrogen and oxygen atoms in total. The van der Waals surface area contributed by atoms with Crippen LogP contribution in [0.15, 0.2) is 24.3 Å². The number of hydrogen-bond acceptors (Lipinski definition) is 5. The zero-order chi connectivity index (χ0) is 18.6. The number of rotatable bonds is 5. The molecule has 0 fully saturated rings. The molecular formula is C16H28N2O5. The van der Waals surface area contributed by atoms with Gasteiger partial charge in [0.15, 0.2) is 0 Å². The lowest BCUT2D eigenvalue weighted by Gasteiger charge is -2.07. The molecule has 1 aromatic carbocycles. The molecular weight excluding hydrogens is 300 g/mol. The molecule has 1 aromatic rings. The van der Waals surface area contributed by atoms with Crippen LogP contribution in [0.2, 0.25) is 0 Å². The monoisotopic (exact) mass is 328 g/mol. The van der Waals surface area contributed by atoms with Crippen molar-refractivity contribution in [2.45, 2.75) is 46.2 Å². The number of carbonyl (C=O) groups is 2. The highest BCUT2D eigenvalue weighted by Gasteiger charge is 2.14. The van der Waals surface area contributed by atoms with Gasteiger partial charge in [0, 0.05) is 0 Å². The van der Waals surface area contributed by atoms with Crippen LogP contribution < -0.4 is 11.5 Å². The Morgan fingerprint density at radius 1 is 1.00 bits per heavy atom. The van der Waals surface area contributed by atoms with Gasteiger partial charge >= 0.3 is 11.9 Å². The van der Waals surface area contributed by atoms with E-state index in [1.165, 1.54) is 12.1 Å². The molecule has 0 aromatic heterocycles. The van der Waals surface area contributed by atoms with Crippen LogP contribution in [-0.4, -0.2) is 39.3 Å². The Bertz CT molecular complexity index is 460. The van der Waals surface area contributed by atoms with Gasteiger partial charge < -0.3 is 26.8 Å². The lowest BCUT2D eigenvalue weighted by atomic mass is 10.1. The van der Waals surface area contributed by atoms with Crippen LogP contribution in [0.4, 0.5) is 0 Å². The molecule has 0 aliphatic heterocycles. The van der Waals surface area contributed by atoms with Crippen LogP contribution in [0.3, 0.4) is 0 Å². The Kier molecular flexibility index (Phi) is 12.5. The fourth-order valence-electron chi connectivity index (χ4n) is 1.26. The van der Waals surface area contributed by atoms with E-state index in [9.17, 15) is 9.59 Å². The number of hydrogen-bond donors (Lipinski definition) is 5. The van der Waals surface area contributed by atoms with Gasteiger partial charge in [0.2, 0.25) is 0 Å². The fraction of sp³-hybridized carbons (Fsp3) is 0.500. The van der Waals surface area contributed by atoms with Gasteiger partial charge in [0.25, 0.3) is 0 Å². The maximum absolute atomic E-state index is 10.4. The van der Waals surface area contributed by atoms with Crippen molar-refractivity contribution >= 4 is 11.9 Å². The molecule has 1 rings (SSSR count). The topological polar surface area (TPSA) is 147 Å². The summed E-state index contributed by atoms with van der Waals surface area (Å²) in [5.41, 5.74) is 11.3. The molecule has 2 atom stereocenters. The fourth-order valence-corrected chi connectivity index (χ4v) is 1.26. The van der Waals surface area contributed by atoms with Crippen molar-refractivity contribution in [2.75, 3.05) is 0 Å². The Hall–Kier alpha value is -2.12. The van der Waals surface area contributed by atoms with Crippen molar-refractivity contribution in [3.8, 4) is 5.75 Å². The minimum absolute atomic E-state index is 0.0208. The Balaban J connectivity index is 0. The van der Waals surface area contributed by atoms with Gasteiger partial charge in [-0.25, -0.2) is 0 Å². The van der Waals surface area contributed by atoms with Crippen molar-refractivity contribution in [1.82, 2.24) is 0 Å². The maximum Gasteiger partial charge on any atom is 0.320 e. The molecule has 0 bridgehead atoms. The number of carboxylic acids is 2. The third kappa shape index (κ3) is 11.1. The first-order chi connectivity index (χ1) is 10.6. The van der Waals surface area contributed by atoms with Crippen LogP contribution in [-0.2, 0) is 16.0 Å². The summed E-state index contributed by atoms with van der Waals surface area (Å²) in [5.74, 6) is -1.77. The highest BCUT2D eigenvalue weighted by Crippen LogP contribution is 2.10. The average Bonchev–Trinajstić information content (AvgIpc) is 2.51.